The third-order valence-electron chi connectivity index (χ3n) is 3.74. The highest BCUT2D eigenvalue weighted by Gasteiger charge is 2.16. The summed E-state index contributed by atoms with van der Waals surface area (Å²) in [7, 11) is 0. The van der Waals surface area contributed by atoms with Crippen molar-refractivity contribution in [3.05, 3.63) is 30.7 Å². The van der Waals surface area contributed by atoms with E-state index in [2.05, 4.69) is 37.3 Å². The van der Waals surface area contributed by atoms with Gasteiger partial charge in [0.1, 0.15) is 5.69 Å². The molecule has 0 fully saturated rings. The van der Waals surface area contributed by atoms with Crippen molar-refractivity contribution in [1.29, 1.82) is 0 Å². The molecule has 0 aliphatic heterocycles. The van der Waals surface area contributed by atoms with Crippen LogP contribution in [0.1, 0.15) is 6.92 Å². The number of likely N-dealkylation sites (N-methyl/N-ethyl adjacent to an activating group) is 1. The summed E-state index contributed by atoms with van der Waals surface area (Å²) in [6, 6.07) is 5.59. The molecule has 4 heterocycles. The number of imidazole rings is 1. The van der Waals surface area contributed by atoms with Gasteiger partial charge in [0.2, 0.25) is 11.8 Å². The number of pyridine rings is 1. The van der Waals surface area contributed by atoms with Crippen LogP contribution in [0.2, 0.25) is 0 Å². The van der Waals surface area contributed by atoms with Gasteiger partial charge >= 0.3 is 0 Å². The van der Waals surface area contributed by atoms with E-state index < -0.39 is 0 Å². The number of hydrogen-bond donors (Lipinski definition) is 2. The molecule has 122 valence electrons. The molecule has 0 aliphatic carbocycles. The lowest BCUT2D eigenvalue weighted by Crippen LogP contribution is -2.19. The predicted molar refractivity (Wildman–Crippen MR) is 90.3 cm³/mol. The number of anilines is 1. The molecule has 4 aromatic rings. The first-order chi connectivity index (χ1) is 11.8. The Morgan fingerprint density at radius 1 is 1.17 bits per heavy atom. The minimum Gasteiger partial charge on any atom is -0.368 e. The number of nitrogens with two attached hydrogens (primary N) is 1. The second kappa shape index (κ2) is 5.85. The molecule has 0 bridgehead atoms. The minimum atomic E-state index is 0.275. The van der Waals surface area contributed by atoms with Crippen molar-refractivity contribution in [3.63, 3.8) is 0 Å². The summed E-state index contributed by atoms with van der Waals surface area (Å²) in [6.07, 6.45) is 3.46. The molecule has 0 saturated heterocycles. The first-order valence-corrected chi connectivity index (χ1v) is 7.77. The van der Waals surface area contributed by atoms with Crippen LogP contribution in [0.5, 0.6) is 0 Å². The number of rotatable bonds is 5. The Hall–Kier alpha value is -3.07. The van der Waals surface area contributed by atoms with Crippen LogP contribution in [0.25, 0.3) is 28.3 Å². The fourth-order valence-electron chi connectivity index (χ4n) is 2.58. The predicted octanol–water partition coefficient (Wildman–Crippen LogP) is 0.728. The van der Waals surface area contributed by atoms with Gasteiger partial charge in [0.05, 0.1) is 6.33 Å². The Kier molecular flexibility index (Phi) is 3.54. The van der Waals surface area contributed by atoms with Gasteiger partial charge < -0.3 is 15.6 Å². The molecule has 24 heavy (non-hydrogen) atoms. The Bertz CT molecular complexity index is 986. The van der Waals surface area contributed by atoms with E-state index in [0.29, 0.717) is 28.3 Å². The largest absolute Gasteiger partial charge is 0.368 e. The lowest BCUT2D eigenvalue weighted by molar-refractivity contribution is 0.621. The maximum Gasteiger partial charge on any atom is 0.225 e. The SMILES string of the molecule is CCNCCn1cnc2c1nc(N)n1nc(-c3ccccn3)nc21. The lowest BCUT2D eigenvalue weighted by atomic mass is 10.3. The summed E-state index contributed by atoms with van der Waals surface area (Å²) in [5, 5.41) is 7.69. The molecule has 9 nitrogen and oxygen atoms in total. The van der Waals surface area contributed by atoms with Gasteiger partial charge in [-0.3, -0.25) is 4.98 Å². The molecule has 0 atom stereocenters. The molecular weight excluding hydrogens is 306 g/mol. The molecule has 4 aromatic heterocycles. The first kappa shape index (κ1) is 14.5. The Morgan fingerprint density at radius 2 is 2.08 bits per heavy atom. The van der Waals surface area contributed by atoms with Crippen molar-refractivity contribution >= 4 is 22.8 Å². The molecule has 3 N–H and O–H groups in total. The van der Waals surface area contributed by atoms with Gasteiger partial charge in [0.25, 0.3) is 0 Å². The van der Waals surface area contributed by atoms with Gasteiger partial charge in [-0.25, -0.2) is 9.97 Å². The Balaban J connectivity index is 1.84. The maximum atomic E-state index is 6.07. The van der Waals surface area contributed by atoms with Crippen LogP contribution in [0.3, 0.4) is 0 Å². The van der Waals surface area contributed by atoms with Crippen LogP contribution in [0.4, 0.5) is 5.95 Å². The molecular formula is C15H17N9. The van der Waals surface area contributed by atoms with Gasteiger partial charge in [-0.1, -0.05) is 13.0 Å². The highest BCUT2D eigenvalue weighted by Crippen LogP contribution is 2.21. The van der Waals surface area contributed by atoms with Gasteiger partial charge in [-0.15, -0.1) is 5.10 Å². The van der Waals surface area contributed by atoms with Gasteiger partial charge in [0.15, 0.2) is 16.8 Å². The molecule has 0 spiro atoms. The van der Waals surface area contributed by atoms with Crippen molar-refractivity contribution in [1.82, 2.24) is 39.4 Å². The maximum absolute atomic E-state index is 6.07. The van der Waals surface area contributed by atoms with Crippen LogP contribution >= 0.6 is 0 Å². The number of nitrogens with one attached hydrogen (secondary N) is 1. The zero-order chi connectivity index (χ0) is 16.5. The van der Waals surface area contributed by atoms with Crippen molar-refractivity contribution in [2.75, 3.05) is 18.8 Å². The molecule has 0 aromatic carbocycles. The van der Waals surface area contributed by atoms with E-state index in [1.165, 1.54) is 4.52 Å². The average molecular weight is 323 g/mol. The van der Waals surface area contributed by atoms with Crippen LogP contribution in [0, 0.1) is 0 Å². The summed E-state index contributed by atoms with van der Waals surface area (Å²) in [4.78, 5) is 17.7. The number of hydrogen-bond acceptors (Lipinski definition) is 7. The molecule has 0 amide bonds. The highest BCUT2D eigenvalue weighted by molar-refractivity contribution is 5.87. The van der Waals surface area contributed by atoms with Crippen LogP contribution in [0.15, 0.2) is 30.7 Å². The summed E-state index contributed by atoms with van der Waals surface area (Å²) < 4.78 is 3.47. The Labute approximate surface area is 137 Å². The first-order valence-electron chi connectivity index (χ1n) is 7.77. The minimum absolute atomic E-state index is 0.275. The molecule has 0 radical (unpaired) electrons. The topological polar surface area (TPSA) is 112 Å². The fraction of sp³-hybridized carbons (Fsp3) is 0.267. The van der Waals surface area contributed by atoms with E-state index >= 15 is 0 Å². The third kappa shape index (κ3) is 2.35. The van der Waals surface area contributed by atoms with E-state index in [0.717, 1.165) is 19.6 Å². The van der Waals surface area contributed by atoms with Crippen molar-refractivity contribution in [2.24, 2.45) is 0 Å². The van der Waals surface area contributed by atoms with Crippen LogP contribution < -0.4 is 11.1 Å². The van der Waals surface area contributed by atoms with Crippen molar-refractivity contribution in [3.8, 4) is 11.5 Å². The van der Waals surface area contributed by atoms with Crippen molar-refractivity contribution < 1.29 is 0 Å². The molecule has 9 heteroatoms. The zero-order valence-corrected chi connectivity index (χ0v) is 13.2. The molecule has 0 unspecified atom stereocenters. The summed E-state index contributed by atoms with van der Waals surface area (Å²) in [6.45, 7) is 4.58. The quantitative estimate of drug-likeness (QED) is 0.521. The standard InChI is InChI=1S/C15H17N9/c1-2-17-7-8-23-9-19-11-13(23)21-15(16)24-14(11)20-12(22-24)10-5-3-4-6-18-10/h3-6,9,17H,2,7-8H2,1H3,(H2,16,21). The molecule has 4 rings (SSSR count). The highest BCUT2D eigenvalue weighted by atomic mass is 15.4. The summed E-state index contributed by atoms with van der Waals surface area (Å²) in [5.41, 5.74) is 8.72. The zero-order valence-electron chi connectivity index (χ0n) is 13.2. The lowest BCUT2D eigenvalue weighted by Gasteiger charge is -2.04. The number of nitrogens with zero attached hydrogens (tertiary/aromatic N) is 7. The second-order valence-corrected chi connectivity index (χ2v) is 5.32. The molecule has 0 saturated carbocycles. The monoisotopic (exact) mass is 323 g/mol. The van der Waals surface area contributed by atoms with Crippen molar-refractivity contribution in [2.45, 2.75) is 13.5 Å². The molecule has 0 aliphatic rings. The van der Waals surface area contributed by atoms with Crippen LogP contribution in [-0.2, 0) is 6.54 Å². The third-order valence-corrected chi connectivity index (χ3v) is 3.74. The van der Waals surface area contributed by atoms with E-state index in [-0.39, 0.29) is 5.95 Å². The Morgan fingerprint density at radius 3 is 2.88 bits per heavy atom. The van der Waals surface area contributed by atoms with E-state index in [9.17, 15) is 0 Å². The van der Waals surface area contributed by atoms with E-state index in [4.69, 9.17) is 5.73 Å². The summed E-state index contributed by atoms with van der Waals surface area (Å²) in [5.74, 6) is 0.774. The van der Waals surface area contributed by atoms with E-state index in [1.54, 1.807) is 12.5 Å². The smallest absolute Gasteiger partial charge is 0.225 e. The number of fused-ring (bicyclic) bond motifs is 3. The normalized spacial score (nSPS) is 11.5. The number of nitrogen functional groups attached to an aromatic ring is 1. The van der Waals surface area contributed by atoms with Gasteiger partial charge in [-0.05, 0) is 18.7 Å². The average Bonchev–Trinajstić information content (AvgIpc) is 3.21. The van der Waals surface area contributed by atoms with Gasteiger partial charge in [0, 0.05) is 19.3 Å². The van der Waals surface area contributed by atoms with Crippen LogP contribution in [-0.4, -0.2) is 47.2 Å². The fourth-order valence-corrected chi connectivity index (χ4v) is 2.58. The summed E-state index contributed by atoms with van der Waals surface area (Å²) >= 11 is 0. The van der Waals surface area contributed by atoms with Gasteiger partial charge in [-0.2, -0.15) is 9.50 Å². The second-order valence-electron chi connectivity index (χ2n) is 5.32. The number of aromatic nitrogens is 7. The van der Waals surface area contributed by atoms with E-state index in [1.807, 2.05) is 22.8 Å².